The van der Waals surface area contributed by atoms with E-state index < -0.39 is 30.6 Å². The Labute approximate surface area is 79.5 Å². The van der Waals surface area contributed by atoms with E-state index in [1.165, 1.54) is 0 Å². The van der Waals surface area contributed by atoms with E-state index in [1.54, 1.807) is 0 Å². The van der Waals surface area contributed by atoms with Gasteiger partial charge in [-0.1, -0.05) is 5.11 Å². The smallest absolute Gasteiger partial charge is 0.135 e. The number of azide groups is 1. The van der Waals surface area contributed by atoms with Gasteiger partial charge in [-0.2, -0.15) is 0 Å². The van der Waals surface area contributed by atoms with Gasteiger partial charge in [0.1, 0.15) is 24.5 Å². The highest BCUT2D eigenvalue weighted by molar-refractivity contribution is 4.90. The molecule has 0 saturated carbocycles. The fourth-order valence-electron chi connectivity index (χ4n) is 1.25. The summed E-state index contributed by atoms with van der Waals surface area (Å²) in [4.78, 5) is 2.48. The van der Waals surface area contributed by atoms with E-state index in [9.17, 15) is 15.3 Å². The summed E-state index contributed by atoms with van der Waals surface area (Å²) in [5.74, 6) is 0. The molecule has 1 aliphatic rings. The molecule has 0 bridgehead atoms. The van der Waals surface area contributed by atoms with Crippen LogP contribution in [0.3, 0.4) is 0 Å². The van der Waals surface area contributed by atoms with Crippen molar-refractivity contribution in [1.29, 1.82) is 0 Å². The lowest BCUT2D eigenvalue weighted by Crippen LogP contribution is -2.61. The van der Waals surface area contributed by atoms with Crippen LogP contribution in [-0.4, -0.2) is 52.5 Å². The second-order valence-electron chi connectivity index (χ2n) is 3.02. The number of nitrogens with zero attached hydrogens (tertiary/aromatic N) is 3. The van der Waals surface area contributed by atoms with E-state index in [4.69, 9.17) is 16.0 Å². The normalized spacial score (nSPS) is 43.0. The number of hydrogen-bond donors (Lipinski definition) is 4. The van der Waals surface area contributed by atoms with Crippen LogP contribution in [0, 0.1) is 0 Å². The first-order valence-electron chi connectivity index (χ1n) is 4.04. The average molecular weight is 204 g/mol. The van der Waals surface area contributed by atoms with Gasteiger partial charge in [0.15, 0.2) is 0 Å². The fraction of sp³-hybridized carbons (Fsp3) is 1.00. The van der Waals surface area contributed by atoms with Crippen molar-refractivity contribution in [2.45, 2.75) is 30.6 Å². The molecular formula is C6H12N4O4. The first-order valence-corrected chi connectivity index (χ1v) is 4.04. The summed E-state index contributed by atoms with van der Waals surface area (Å²) < 4.78 is 4.94. The molecule has 0 aromatic heterocycles. The Balaban J connectivity index is 2.64. The van der Waals surface area contributed by atoms with Gasteiger partial charge in [-0.15, -0.1) is 0 Å². The Hall–Kier alpha value is -0.890. The summed E-state index contributed by atoms with van der Waals surface area (Å²) in [6.07, 6.45) is -6.02. The molecule has 5 atom stereocenters. The summed E-state index contributed by atoms with van der Waals surface area (Å²) >= 11 is 0. The minimum Gasteiger partial charge on any atom is -0.388 e. The molecule has 80 valence electrons. The second-order valence-corrected chi connectivity index (χ2v) is 3.02. The number of hydrogen-bond acceptors (Lipinski definition) is 6. The lowest BCUT2D eigenvalue weighted by Gasteiger charge is -2.38. The highest BCUT2D eigenvalue weighted by Gasteiger charge is 2.41. The standard InChI is InChI=1S/C6H12N4O4/c7-6-5(13)4(12)3(11)2(14-6)1-9-10-8/h2-6,11-13H,1,7H2/t2-,3-,4+,5-,6-/m1/s1. The Morgan fingerprint density at radius 1 is 1.29 bits per heavy atom. The molecule has 1 heterocycles. The SMILES string of the molecule is [N-]=[N+]=NC[C@H]1O[C@@H](N)[C@H](O)[C@@H](O)[C@@H]1O. The molecule has 0 radical (unpaired) electrons. The van der Waals surface area contributed by atoms with Gasteiger partial charge in [0.05, 0.1) is 12.6 Å². The lowest BCUT2D eigenvalue weighted by molar-refractivity contribution is -0.217. The van der Waals surface area contributed by atoms with Crippen LogP contribution in [0.4, 0.5) is 0 Å². The first kappa shape index (κ1) is 11.2. The van der Waals surface area contributed by atoms with Gasteiger partial charge in [-0.05, 0) is 5.53 Å². The maximum atomic E-state index is 9.38. The molecule has 14 heavy (non-hydrogen) atoms. The predicted molar refractivity (Wildman–Crippen MR) is 44.9 cm³/mol. The van der Waals surface area contributed by atoms with E-state index >= 15 is 0 Å². The van der Waals surface area contributed by atoms with Gasteiger partial charge in [0.2, 0.25) is 0 Å². The predicted octanol–water partition coefficient (Wildman–Crippen LogP) is -1.94. The molecule has 8 heteroatoms. The summed E-state index contributed by atoms with van der Waals surface area (Å²) in [7, 11) is 0. The zero-order valence-corrected chi connectivity index (χ0v) is 7.26. The summed E-state index contributed by atoms with van der Waals surface area (Å²) in [6, 6.07) is 0. The highest BCUT2D eigenvalue weighted by Crippen LogP contribution is 2.18. The largest absolute Gasteiger partial charge is 0.388 e. The van der Waals surface area contributed by atoms with Crippen molar-refractivity contribution in [1.82, 2.24) is 0 Å². The van der Waals surface area contributed by atoms with Gasteiger partial charge in [-0.3, -0.25) is 0 Å². The van der Waals surface area contributed by atoms with Crippen molar-refractivity contribution in [2.24, 2.45) is 10.8 Å². The van der Waals surface area contributed by atoms with Crippen LogP contribution >= 0.6 is 0 Å². The van der Waals surface area contributed by atoms with Crippen molar-refractivity contribution in [2.75, 3.05) is 6.54 Å². The fourth-order valence-corrected chi connectivity index (χ4v) is 1.25. The third-order valence-electron chi connectivity index (χ3n) is 2.07. The average Bonchev–Trinajstić information content (AvgIpc) is 2.18. The maximum absolute atomic E-state index is 9.38. The highest BCUT2D eigenvalue weighted by atomic mass is 16.5. The number of ether oxygens (including phenoxy) is 1. The van der Waals surface area contributed by atoms with Gasteiger partial charge < -0.3 is 25.8 Å². The molecule has 0 aliphatic carbocycles. The van der Waals surface area contributed by atoms with Crippen LogP contribution in [0.15, 0.2) is 5.11 Å². The Morgan fingerprint density at radius 2 is 1.93 bits per heavy atom. The summed E-state index contributed by atoms with van der Waals surface area (Å²) in [5, 5.41) is 31.1. The maximum Gasteiger partial charge on any atom is 0.135 e. The third-order valence-corrected chi connectivity index (χ3v) is 2.07. The molecule has 0 aromatic carbocycles. The third kappa shape index (κ3) is 2.13. The molecule has 8 nitrogen and oxygen atoms in total. The van der Waals surface area contributed by atoms with Crippen LogP contribution in [0.1, 0.15) is 0 Å². The molecule has 1 aliphatic heterocycles. The summed E-state index contributed by atoms with van der Waals surface area (Å²) in [6.45, 7) is -0.144. The molecule has 1 saturated heterocycles. The zero-order valence-electron chi connectivity index (χ0n) is 7.26. The van der Waals surface area contributed by atoms with Gasteiger partial charge >= 0.3 is 0 Å². The number of aliphatic hydroxyl groups excluding tert-OH is 3. The van der Waals surface area contributed by atoms with Crippen molar-refractivity contribution < 1.29 is 20.1 Å². The minimum atomic E-state index is -1.39. The Morgan fingerprint density at radius 3 is 2.50 bits per heavy atom. The van der Waals surface area contributed by atoms with E-state index in [-0.39, 0.29) is 6.54 Å². The van der Waals surface area contributed by atoms with Crippen LogP contribution in [0.2, 0.25) is 0 Å². The second kappa shape index (κ2) is 4.56. The number of rotatable bonds is 2. The first-order chi connectivity index (χ1) is 6.57. The molecular weight excluding hydrogens is 192 g/mol. The Bertz CT molecular complexity index is 244. The Kier molecular flexibility index (Phi) is 3.64. The number of aliphatic hydroxyl groups is 3. The quantitative estimate of drug-likeness (QED) is 0.235. The van der Waals surface area contributed by atoms with Crippen LogP contribution < -0.4 is 5.73 Å². The van der Waals surface area contributed by atoms with Crippen LogP contribution in [-0.2, 0) is 4.74 Å². The van der Waals surface area contributed by atoms with E-state index in [0.29, 0.717) is 0 Å². The molecule has 0 unspecified atom stereocenters. The topological polar surface area (TPSA) is 145 Å². The molecule has 1 rings (SSSR count). The van der Waals surface area contributed by atoms with Crippen molar-refractivity contribution in [3.63, 3.8) is 0 Å². The van der Waals surface area contributed by atoms with Gasteiger partial charge in [-0.25, -0.2) is 0 Å². The molecule has 0 spiro atoms. The van der Waals surface area contributed by atoms with Gasteiger partial charge in [0, 0.05) is 4.91 Å². The summed E-state index contributed by atoms with van der Waals surface area (Å²) in [5.41, 5.74) is 13.4. The molecule has 5 N–H and O–H groups in total. The van der Waals surface area contributed by atoms with E-state index in [2.05, 4.69) is 10.0 Å². The number of nitrogens with two attached hydrogens (primary N) is 1. The van der Waals surface area contributed by atoms with Gasteiger partial charge in [0.25, 0.3) is 0 Å². The van der Waals surface area contributed by atoms with Crippen molar-refractivity contribution >= 4 is 0 Å². The van der Waals surface area contributed by atoms with Crippen molar-refractivity contribution in [3.05, 3.63) is 10.4 Å². The van der Waals surface area contributed by atoms with Crippen molar-refractivity contribution in [3.8, 4) is 0 Å². The molecule has 0 aromatic rings. The van der Waals surface area contributed by atoms with Crippen LogP contribution in [0.5, 0.6) is 0 Å². The van der Waals surface area contributed by atoms with E-state index in [1.807, 2.05) is 0 Å². The monoisotopic (exact) mass is 204 g/mol. The van der Waals surface area contributed by atoms with Crippen LogP contribution in [0.25, 0.3) is 10.4 Å². The molecule has 0 amide bonds. The minimum absolute atomic E-state index is 0.144. The lowest BCUT2D eigenvalue weighted by atomic mass is 9.98. The van der Waals surface area contributed by atoms with E-state index in [0.717, 1.165) is 0 Å². The zero-order chi connectivity index (χ0) is 10.7. The molecule has 1 fully saturated rings.